The van der Waals surface area contributed by atoms with Gasteiger partial charge in [0.1, 0.15) is 10.7 Å². The maximum Gasteiger partial charge on any atom is 0.313 e. The van der Waals surface area contributed by atoms with E-state index in [1.807, 2.05) is 37.3 Å². The molecule has 0 radical (unpaired) electrons. The number of benzene rings is 1. The molecule has 4 rings (SSSR count). The Kier molecular flexibility index (Phi) is 4.88. The summed E-state index contributed by atoms with van der Waals surface area (Å²) in [7, 11) is 0. The molecule has 0 unspecified atom stereocenters. The van der Waals surface area contributed by atoms with Gasteiger partial charge < -0.3 is 10.1 Å². The number of aryl methyl sites for hydroxylation is 3. The molecule has 138 valence electrons. The van der Waals surface area contributed by atoms with Gasteiger partial charge in [-0.2, -0.15) is 0 Å². The van der Waals surface area contributed by atoms with Crippen molar-refractivity contribution in [3.05, 3.63) is 62.0 Å². The van der Waals surface area contributed by atoms with Crippen molar-refractivity contribution in [1.29, 1.82) is 0 Å². The van der Waals surface area contributed by atoms with Crippen LogP contribution in [0.5, 0.6) is 0 Å². The van der Waals surface area contributed by atoms with E-state index in [1.54, 1.807) is 11.3 Å². The summed E-state index contributed by atoms with van der Waals surface area (Å²) in [6.45, 7) is 2.00. The number of H-pyrrole nitrogens is 1. The molecule has 2 N–H and O–H groups in total. The summed E-state index contributed by atoms with van der Waals surface area (Å²) in [5.74, 6) is -0.575. The van der Waals surface area contributed by atoms with E-state index in [4.69, 9.17) is 5.11 Å². The summed E-state index contributed by atoms with van der Waals surface area (Å²) in [6.07, 6.45) is 4.90. The largest absolute Gasteiger partial charge is 0.481 e. The number of carboxylic acid groups (broad SMARTS) is 1. The first-order valence-electron chi connectivity index (χ1n) is 8.69. The fourth-order valence-electron chi connectivity index (χ4n) is 3.35. The molecular weight excluding hydrogens is 380 g/mol. The highest BCUT2D eigenvalue weighted by Crippen LogP contribution is 2.36. The van der Waals surface area contributed by atoms with E-state index in [9.17, 15) is 9.59 Å². The second kappa shape index (κ2) is 7.32. The van der Waals surface area contributed by atoms with Crippen LogP contribution in [0.4, 0.5) is 0 Å². The highest BCUT2D eigenvalue weighted by molar-refractivity contribution is 8.09. The number of hydrogen-bond acceptors (Lipinski definition) is 5. The van der Waals surface area contributed by atoms with Crippen molar-refractivity contribution in [2.24, 2.45) is 0 Å². The molecule has 0 atom stereocenters. The number of carboxylic acids is 1. The molecule has 0 fully saturated rings. The predicted molar refractivity (Wildman–Crippen MR) is 111 cm³/mol. The highest BCUT2D eigenvalue weighted by atomic mass is 32.2. The first kappa shape index (κ1) is 18.0. The molecular formula is C20H18N2O3S2. The Balaban J connectivity index is 1.82. The van der Waals surface area contributed by atoms with Gasteiger partial charge in [0.05, 0.1) is 16.0 Å². The Morgan fingerprint density at radius 1 is 1.41 bits per heavy atom. The van der Waals surface area contributed by atoms with Crippen LogP contribution < -0.4 is 5.56 Å². The van der Waals surface area contributed by atoms with Gasteiger partial charge in [0.15, 0.2) is 0 Å². The SMILES string of the molecule is Cc1cccc(/C=C(\SCC(=O)O)c2nc3sc4c(c3c(=O)[nH]2)CCC4)c1. The molecule has 7 heteroatoms. The van der Waals surface area contributed by atoms with Crippen molar-refractivity contribution >= 4 is 50.3 Å². The quantitative estimate of drug-likeness (QED) is 0.676. The first-order chi connectivity index (χ1) is 13.0. The smallest absolute Gasteiger partial charge is 0.313 e. The van der Waals surface area contributed by atoms with Crippen LogP contribution in [0, 0.1) is 6.92 Å². The van der Waals surface area contributed by atoms with Gasteiger partial charge in [-0.25, -0.2) is 4.98 Å². The fraction of sp³-hybridized carbons (Fsp3) is 0.250. The third kappa shape index (κ3) is 3.70. The monoisotopic (exact) mass is 398 g/mol. The van der Waals surface area contributed by atoms with Crippen LogP contribution in [0.25, 0.3) is 21.2 Å². The summed E-state index contributed by atoms with van der Waals surface area (Å²) < 4.78 is 0. The number of thioether (sulfide) groups is 1. The molecule has 5 nitrogen and oxygen atoms in total. The van der Waals surface area contributed by atoms with E-state index in [-0.39, 0.29) is 11.3 Å². The summed E-state index contributed by atoms with van der Waals surface area (Å²) in [5.41, 5.74) is 3.05. The molecule has 0 amide bonds. The van der Waals surface area contributed by atoms with Gasteiger partial charge in [-0.1, -0.05) is 29.8 Å². The van der Waals surface area contributed by atoms with Gasteiger partial charge in [-0.3, -0.25) is 9.59 Å². The van der Waals surface area contributed by atoms with Crippen molar-refractivity contribution < 1.29 is 9.90 Å². The number of aromatic amines is 1. The van der Waals surface area contributed by atoms with Crippen molar-refractivity contribution in [2.45, 2.75) is 26.2 Å². The van der Waals surface area contributed by atoms with Crippen molar-refractivity contribution in [1.82, 2.24) is 9.97 Å². The maximum absolute atomic E-state index is 12.7. The predicted octanol–water partition coefficient (Wildman–Crippen LogP) is 4.10. The summed E-state index contributed by atoms with van der Waals surface area (Å²) in [4.78, 5) is 34.0. The number of fused-ring (bicyclic) bond motifs is 3. The summed E-state index contributed by atoms with van der Waals surface area (Å²) in [5, 5.41) is 9.79. The van der Waals surface area contributed by atoms with Crippen LogP contribution in [-0.2, 0) is 17.6 Å². The van der Waals surface area contributed by atoms with Gasteiger partial charge in [-0.05, 0) is 43.4 Å². The lowest BCUT2D eigenvalue weighted by atomic mass is 10.1. The van der Waals surface area contributed by atoms with E-state index >= 15 is 0 Å². The molecule has 0 saturated carbocycles. The first-order valence-corrected chi connectivity index (χ1v) is 10.5. The Bertz CT molecular complexity index is 1130. The molecule has 2 heterocycles. The van der Waals surface area contributed by atoms with E-state index in [0.717, 1.165) is 52.5 Å². The second-order valence-electron chi connectivity index (χ2n) is 6.56. The van der Waals surface area contributed by atoms with Crippen LogP contribution in [-0.4, -0.2) is 26.8 Å². The number of carbonyl (C=O) groups is 1. The number of hydrogen-bond donors (Lipinski definition) is 2. The van der Waals surface area contributed by atoms with Crippen molar-refractivity contribution in [3.63, 3.8) is 0 Å². The zero-order valence-corrected chi connectivity index (χ0v) is 16.4. The van der Waals surface area contributed by atoms with E-state index in [2.05, 4.69) is 9.97 Å². The lowest BCUT2D eigenvalue weighted by molar-refractivity contribution is -0.133. The molecule has 1 aliphatic rings. The van der Waals surface area contributed by atoms with Crippen LogP contribution in [0.3, 0.4) is 0 Å². The topological polar surface area (TPSA) is 83.0 Å². The van der Waals surface area contributed by atoms with Crippen LogP contribution in [0.2, 0.25) is 0 Å². The Labute approximate surface area is 164 Å². The van der Waals surface area contributed by atoms with Gasteiger partial charge in [0, 0.05) is 4.88 Å². The fourth-order valence-corrected chi connectivity index (χ4v) is 5.34. The molecule has 3 aromatic rings. The molecule has 1 aromatic carbocycles. The Hall–Kier alpha value is -2.38. The van der Waals surface area contributed by atoms with Gasteiger partial charge in [-0.15, -0.1) is 23.1 Å². The van der Waals surface area contributed by atoms with Crippen LogP contribution in [0.1, 0.15) is 33.8 Å². The number of aliphatic carboxylic acids is 1. The van der Waals surface area contributed by atoms with E-state index in [0.29, 0.717) is 16.1 Å². The number of rotatable bonds is 5. The number of thiophene rings is 1. The van der Waals surface area contributed by atoms with E-state index < -0.39 is 5.97 Å². The highest BCUT2D eigenvalue weighted by Gasteiger charge is 2.22. The second-order valence-corrected chi connectivity index (χ2v) is 8.66. The third-order valence-corrected chi connectivity index (χ3v) is 6.70. The molecule has 2 aromatic heterocycles. The molecule has 0 spiro atoms. The van der Waals surface area contributed by atoms with Gasteiger partial charge in [0.25, 0.3) is 5.56 Å². The lowest BCUT2D eigenvalue weighted by Gasteiger charge is -2.07. The minimum atomic E-state index is -0.909. The molecule has 1 aliphatic carbocycles. The Morgan fingerprint density at radius 3 is 3.04 bits per heavy atom. The van der Waals surface area contributed by atoms with E-state index in [1.165, 1.54) is 4.88 Å². The normalized spacial score (nSPS) is 13.9. The molecule has 27 heavy (non-hydrogen) atoms. The summed E-state index contributed by atoms with van der Waals surface area (Å²) in [6, 6.07) is 7.91. The van der Waals surface area contributed by atoms with Crippen LogP contribution >= 0.6 is 23.1 Å². The number of nitrogens with zero attached hydrogens (tertiary/aromatic N) is 1. The summed E-state index contributed by atoms with van der Waals surface area (Å²) >= 11 is 2.75. The van der Waals surface area contributed by atoms with Crippen molar-refractivity contribution in [2.75, 3.05) is 5.75 Å². The lowest BCUT2D eigenvalue weighted by Crippen LogP contribution is -2.11. The molecule has 0 saturated heterocycles. The molecule has 0 aliphatic heterocycles. The van der Waals surface area contributed by atoms with Crippen molar-refractivity contribution in [3.8, 4) is 0 Å². The Morgan fingerprint density at radius 2 is 2.26 bits per heavy atom. The average Bonchev–Trinajstić information content (AvgIpc) is 3.19. The minimum absolute atomic E-state index is 0.0969. The van der Waals surface area contributed by atoms with Gasteiger partial charge >= 0.3 is 5.97 Å². The standard InChI is InChI=1S/C20H18N2O3S2/c1-11-4-2-5-12(8-11)9-15(26-10-16(23)24)18-21-19(25)17-13-6-3-7-14(13)27-20(17)22-18/h2,4-5,8-9H,3,6-7,10H2,1H3,(H,23,24)(H,21,22,25)/b15-9-. The average molecular weight is 399 g/mol. The number of nitrogens with one attached hydrogen (secondary N) is 1. The maximum atomic E-state index is 12.7. The number of aromatic nitrogens is 2. The minimum Gasteiger partial charge on any atom is -0.481 e. The third-order valence-electron chi connectivity index (χ3n) is 4.50. The zero-order valence-electron chi connectivity index (χ0n) is 14.7. The van der Waals surface area contributed by atoms with Gasteiger partial charge in [0.2, 0.25) is 0 Å². The molecule has 0 bridgehead atoms. The van der Waals surface area contributed by atoms with Crippen LogP contribution in [0.15, 0.2) is 29.1 Å². The zero-order chi connectivity index (χ0) is 19.0.